The largest absolute Gasteiger partial charge is 0.392 e. The van der Waals surface area contributed by atoms with Crippen LogP contribution in [0.15, 0.2) is 65.7 Å². The van der Waals surface area contributed by atoms with Gasteiger partial charge in [-0.15, -0.1) is 5.10 Å². The van der Waals surface area contributed by atoms with Crippen molar-refractivity contribution in [2.24, 2.45) is 0 Å². The summed E-state index contributed by atoms with van der Waals surface area (Å²) in [5.41, 5.74) is 4.96. The molecule has 2 aromatic carbocycles. The molecule has 1 fully saturated rings. The molecule has 1 amide bonds. The van der Waals surface area contributed by atoms with Gasteiger partial charge in [-0.05, 0) is 54.8 Å². The summed E-state index contributed by atoms with van der Waals surface area (Å²) in [6, 6.07) is 16.4. The van der Waals surface area contributed by atoms with E-state index >= 15 is 0 Å². The number of aliphatic hydroxyl groups excluding tert-OH is 1. The fraction of sp³-hybridized carbons (Fsp3) is 0.269. The molecule has 0 spiro atoms. The first-order valence-electron chi connectivity index (χ1n) is 12.1. The normalized spacial score (nSPS) is 17.9. The number of rotatable bonds is 5. The Balaban J connectivity index is 1.32. The van der Waals surface area contributed by atoms with Gasteiger partial charge in [-0.25, -0.2) is 17.9 Å². The molecule has 190 valence electrons. The van der Waals surface area contributed by atoms with Gasteiger partial charge in [0.25, 0.3) is 0 Å². The fourth-order valence-corrected chi connectivity index (χ4v) is 6.52. The summed E-state index contributed by atoms with van der Waals surface area (Å²) in [7, 11) is -3.71. The number of anilines is 3. The standard InChI is InChI=1S/C26H26N6O4S/c1-17(33)31-12-9-18-5-6-20(14-25(18)31)28-26-27-15-21-7-8-24(32(21)29-26)19-3-2-4-23(13-19)37(35,36)30-11-10-22(34)16-30/h2-8,13-15,22,34H,9-12,16H2,1H3,(H,28,29). The van der Waals surface area contributed by atoms with E-state index in [1.165, 1.54) is 4.31 Å². The lowest BCUT2D eigenvalue weighted by Gasteiger charge is -2.16. The molecule has 1 unspecified atom stereocenters. The van der Waals surface area contributed by atoms with Gasteiger partial charge in [0.1, 0.15) is 0 Å². The Kier molecular flexibility index (Phi) is 5.70. The van der Waals surface area contributed by atoms with E-state index in [0.717, 1.165) is 34.6 Å². The molecule has 0 bridgehead atoms. The highest BCUT2D eigenvalue weighted by Crippen LogP contribution is 2.32. The van der Waals surface area contributed by atoms with E-state index in [1.807, 2.05) is 36.4 Å². The lowest BCUT2D eigenvalue weighted by atomic mass is 10.1. The average Bonchev–Trinajstić information content (AvgIpc) is 3.62. The first kappa shape index (κ1) is 23.6. The van der Waals surface area contributed by atoms with Crippen LogP contribution in [0.1, 0.15) is 18.9 Å². The van der Waals surface area contributed by atoms with E-state index in [-0.39, 0.29) is 17.3 Å². The lowest BCUT2D eigenvalue weighted by molar-refractivity contribution is -0.116. The third kappa shape index (κ3) is 4.24. The molecule has 0 saturated carbocycles. The van der Waals surface area contributed by atoms with Gasteiger partial charge in [0.15, 0.2) is 0 Å². The maximum atomic E-state index is 13.1. The van der Waals surface area contributed by atoms with Crippen LogP contribution in [0.3, 0.4) is 0 Å². The van der Waals surface area contributed by atoms with Gasteiger partial charge in [-0.3, -0.25) is 4.79 Å². The first-order valence-corrected chi connectivity index (χ1v) is 13.5. The molecule has 4 heterocycles. The third-order valence-electron chi connectivity index (χ3n) is 6.91. The summed E-state index contributed by atoms with van der Waals surface area (Å²) in [6.07, 6.45) is 2.33. The monoisotopic (exact) mass is 518 g/mol. The van der Waals surface area contributed by atoms with Crippen molar-refractivity contribution >= 4 is 38.8 Å². The van der Waals surface area contributed by atoms with Crippen molar-refractivity contribution in [1.29, 1.82) is 0 Å². The minimum atomic E-state index is -3.71. The molecule has 1 atom stereocenters. The summed E-state index contributed by atoms with van der Waals surface area (Å²) in [5, 5.41) is 17.7. The van der Waals surface area contributed by atoms with Crippen LogP contribution < -0.4 is 10.2 Å². The predicted octanol–water partition coefficient (Wildman–Crippen LogP) is 2.80. The molecule has 37 heavy (non-hydrogen) atoms. The molecular weight excluding hydrogens is 492 g/mol. The summed E-state index contributed by atoms with van der Waals surface area (Å²) in [5.74, 6) is 0.378. The zero-order valence-electron chi connectivity index (χ0n) is 20.2. The Morgan fingerprint density at radius 2 is 1.97 bits per heavy atom. The van der Waals surface area contributed by atoms with Crippen molar-refractivity contribution in [3.63, 3.8) is 0 Å². The Bertz CT molecular complexity index is 1630. The molecule has 0 aliphatic carbocycles. The van der Waals surface area contributed by atoms with Crippen LogP contribution in [0, 0.1) is 0 Å². The fourth-order valence-electron chi connectivity index (χ4n) is 4.98. The van der Waals surface area contributed by atoms with Gasteiger partial charge in [-0.2, -0.15) is 4.31 Å². The van der Waals surface area contributed by atoms with Gasteiger partial charge in [-0.1, -0.05) is 18.2 Å². The SMILES string of the molecule is CC(=O)N1CCc2ccc(Nc3ncc4ccc(-c5cccc(S(=O)(=O)N6CCC(O)C6)c5)n4n3)cc21. The van der Waals surface area contributed by atoms with Crippen molar-refractivity contribution < 1.29 is 18.3 Å². The molecule has 11 heteroatoms. The van der Waals surface area contributed by atoms with Crippen molar-refractivity contribution in [2.45, 2.75) is 30.8 Å². The molecule has 2 aromatic heterocycles. The zero-order valence-corrected chi connectivity index (χ0v) is 21.0. The Morgan fingerprint density at radius 1 is 1.11 bits per heavy atom. The minimum absolute atomic E-state index is 0.00991. The van der Waals surface area contributed by atoms with Crippen LogP contribution in [0.25, 0.3) is 16.8 Å². The van der Waals surface area contributed by atoms with Gasteiger partial charge in [0, 0.05) is 43.5 Å². The summed E-state index contributed by atoms with van der Waals surface area (Å²) in [6.45, 7) is 2.65. The lowest BCUT2D eigenvalue weighted by Crippen LogP contribution is -2.29. The van der Waals surface area contributed by atoms with Crippen LogP contribution in [0.2, 0.25) is 0 Å². The number of β-amino-alcohol motifs (C(OH)–C–C–N with tert-alkyl or cyclic N) is 1. The van der Waals surface area contributed by atoms with Crippen LogP contribution in [-0.4, -0.2) is 64.1 Å². The van der Waals surface area contributed by atoms with Crippen LogP contribution >= 0.6 is 0 Å². The number of benzene rings is 2. The second-order valence-corrected chi connectivity index (χ2v) is 11.3. The maximum Gasteiger partial charge on any atom is 0.245 e. The highest BCUT2D eigenvalue weighted by molar-refractivity contribution is 7.89. The molecule has 10 nitrogen and oxygen atoms in total. The molecule has 2 aliphatic rings. The highest BCUT2D eigenvalue weighted by atomic mass is 32.2. The summed E-state index contributed by atoms with van der Waals surface area (Å²) in [4.78, 5) is 18.3. The van der Waals surface area contributed by atoms with Gasteiger partial charge >= 0.3 is 0 Å². The van der Waals surface area contributed by atoms with E-state index in [0.29, 0.717) is 31.0 Å². The smallest absolute Gasteiger partial charge is 0.245 e. The second-order valence-electron chi connectivity index (χ2n) is 9.36. The molecule has 0 radical (unpaired) electrons. The van der Waals surface area contributed by atoms with E-state index in [2.05, 4.69) is 15.4 Å². The zero-order chi connectivity index (χ0) is 25.7. The van der Waals surface area contributed by atoms with E-state index < -0.39 is 16.1 Å². The van der Waals surface area contributed by atoms with Gasteiger partial charge in [0.2, 0.25) is 21.9 Å². The molecule has 2 aliphatic heterocycles. The van der Waals surface area contributed by atoms with Crippen molar-refractivity contribution in [2.75, 3.05) is 29.9 Å². The Hall–Kier alpha value is -3.80. The van der Waals surface area contributed by atoms with Crippen molar-refractivity contribution in [1.82, 2.24) is 18.9 Å². The number of aromatic nitrogens is 3. The number of fused-ring (bicyclic) bond motifs is 2. The average molecular weight is 519 g/mol. The Morgan fingerprint density at radius 3 is 2.76 bits per heavy atom. The quantitative estimate of drug-likeness (QED) is 0.417. The van der Waals surface area contributed by atoms with Crippen LogP contribution in [0.4, 0.5) is 17.3 Å². The molecule has 2 N–H and O–H groups in total. The number of nitrogens with zero attached hydrogens (tertiary/aromatic N) is 5. The minimum Gasteiger partial charge on any atom is -0.392 e. The number of carbonyl (C=O) groups is 1. The van der Waals surface area contributed by atoms with E-state index in [1.54, 1.807) is 40.7 Å². The van der Waals surface area contributed by atoms with Crippen molar-refractivity contribution in [3.8, 4) is 11.3 Å². The Labute approximate surface area is 214 Å². The first-order chi connectivity index (χ1) is 17.8. The molecule has 6 rings (SSSR count). The molecule has 1 saturated heterocycles. The number of hydrogen-bond donors (Lipinski definition) is 2. The number of hydrogen-bond acceptors (Lipinski definition) is 7. The summed E-state index contributed by atoms with van der Waals surface area (Å²) >= 11 is 0. The van der Waals surface area contributed by atoms with Gasteiger partial charge < -0.3 is 15.3 Å². The van der Waals surface area contributed by atoms with Crippen LogP contribution in [0.5, 0.6) is 0 Å². The number of carbonyl (C=O) groups excluding carboxylic acids is 1. The third-order valence-corrected chi connectivity index (χ3v) is 8.77. The number of amides is 1. The van der Waals surface area contributed by atoms with Crippen LogP contribution in [-0.2, 0) is 21.2 Å². The highest BCUT2D eigenvalue weighted by Gasteiger charge is 2.31. The van der Waals surface area contributed by atoms with Crippen molar-refractivity contribution in [3.05, 3.63) is 66.4 Å². The maximum absolute atomic E-state index is 13.1. The van der Waals surface area contributed by atoms with Gasteiger partial charge in [0.05, 0.1) is 28.4 Å². The number of sulfonamides is 1. The topological polar surface area (TPSA) is 120 Å². The summed E-state index contributed by atoms with van der Waals surface area (Å²) < 4.78 is 29.3. The number of aliphatic hydroxyl groups is 1. The number of nitrogens with one attached hydrogen (secondary N) is 1. The second kappa shape index (κ2) is 8.94. The predicted molar refractivity (Wildman–Crippen MR) is 139 cm³/mol. The molecular formula is C26H26N6O4S. The molecule has 4 aromatic rings. The van der Waals surface area contributed by atoms with E-state index in [9.17, 15) is 18.3 Å². The van der Waals surface area contributed by atoms with E-state index in [4.69, 9.17) is 0 Å².